The molecule has 0 unspecified atom stereocenters. The number of halogens is 1. The van der Waals surface area contributed by atoms with Gasteiger partial charge in [-0.3, -0.25) is 4.79 Å². The molecule has 1 saturated heterocycles. The quantitative estimate of drug-likeness (QED) is 0.717. The number of benzene rings is 2. The van der Waals surface area contributed by atoms with Crippen molar-refractivity contribution >= 4 is 16.8 Å². The molecule has 0 spiro atoms. The monoisotopic (exact) mass is 396 g/mol. The average molecular weight is 396 g/mol. The number of methoxy groups -OCH3 is 1. The lowest BCUT2D eigenvalue weighted by atomic mass is 10.2. The molecule has 152 valence electrons. The van der Waals surface area contributed by atoms with E-state index in [9.17, 15) is 9.18 Å². The molecule has 6 heteroatoms. The molecule has 1 aliphatic rings. The number of aryl methyl sites for hydroxylation is 1. The van der Waals surface area contributed by atoms with Crippen LogP contribution in [0.25, 0.3) is 10.9 Å². The van der Waals surface area contributed by atoms with Gasteiger partial charge in [0, 0.05) is 16.8 Å². The highest BCUT2D eigenvalue weighted by molar-refractivity contribution is 5.84. The van der Waals surface area contributed by atoms with Gasteiger partial charge in [0.2, 0.25) is 5.91 Å². The van der Waals surface area contributed by atoms with E-state index in [1.165, 1.54) is 17.4 Å². The maximum Gasteiger partial charge on any atom is 0.242 e. The van der Waals surface area contributed by atoms with E-state index < -0.39 is 0 Å². The van der Waals surface area contributed by atoms with Crippen molar-refractivity contribution in [1.82, 2.24) is 9.47 Å². The lowest BCUT2D eigenvalue weighted by molar-refractivity contribution is -0.917. The van der Waals surface area contributed by atoms with Crippen molar-refractivity contribution in [2.45, 2.75) is 20.0 Å². The van der Waals surface area contributed by atoms with E-state index in [-0.39, 0.29) is 17.5 Å². The van der Waals surface area contributed by atoms with Gasteiger partial charge in [0.1, 0.15) is 13.1 Å². The first kappa shape index (κ1) is 19.5. The normalized spacial score (nSPS) is 15.1. The van der Waals surface area contributed by atoms with E-state index in [0.717, 1.165) is 49.5 Å². The maximum absolute atomic E-state index is 13.9. The van der Waals surface area contributed by atoms with Crippen LogP contribution in [0.2, 0.25) is 0 Å². The Labute approximate surface area is 170 Å². The smallest absolute Gasteiger partial charge is 0.242 e. The van der Waals surface area contributed by atoms with Crippen molar-refractivity contribution in [1.29, 1.82) is 0 Å². The molecule has 1 aliphatic heterocycles. The third-order valence-corrected chi connectivity index (χ3v) is 5.80. The molecule has 29 heavy (non-hydrogen) atoms. The number of nitrogens with one attached hydrogen (secondary N) is 1. The van der Waals surface area contributed by atoms with Crippen LogP contribution < -0.4 is 9.64 Å². The number of nitrogens with zero attached hydrogens (tertiary/aromatic N) is 2. The molecular weight excluding hydrogens is 369 g/mol. The fourth-order valence-corrected chi connectivity index (χ4v) is 4.15. The highest BCUT2D eigenvalue weighted by atomic mass is 19.1. The number of carbonyl (C=O) groups is 1. The Hall–Kier alpha value is -2.86. The van der Waals surface area contributed by atoms with E-state index in [1.807, 2.05) is 30.0 Å². The summed E-state index contributed by atoms with van der Waals surface area (Å²) in [5.74, 6) is 0.100. The Morgan fingerprint density at radius 2 is 1.90 bits per heavy atom. The average Bonchev–Trinajstić information content (AvgIpc) is 3.04. The second-order valence-corrected chi connectivity index (χ2v) is 7.71. The molecule has 1 aromatic heterocycles. The maximum atomic E-state index is 13.9. The Morgan fingerprint density at radius 1 is 1.14 bits per heavy atom. The molecule has 2 aromatic carbocycles. The van der Waals surface area contributed by atoms with Crippen molar-refractivity contribution in [3.63, 3.8) is 0 Å². The SMILES string of the molecule is COc1ccc(C[NH+]2CCN(C(=O)Cn3c(C)cc4ccccc43)CC2)cc1F. The summed E-state index contributed by atoms with van der Waals surface area (Å²) in [4.78, 5) is 16.2. The van der Waals surface area contributed by atoms with Crippen molar-refractivity contribution in [2.75, 3.05) is 33.3 Å². The van der Waals surface area contributed by atoms with E-state index in [1.54, 1.807) is 12.1 Å². The van der Waals surface area contributed by atoms with Crippen molar-refractivity contribution in [3.8, 4) is 5.75 Å². The van der Waals surface area contributed by atoms with Gasteiger partial charge in [0.25, 0.3) is 0 Å². The third kappa shape index (κ3) is 4.12. The molecule has 1 fully saturated rings. The number of hydrogen-bond donors (Lipinski definition) is 1. The van der Waals surface area contributed by atoms with Crippen molar-refractivity contribution in [3.05, 3.63) is 65.6 Å². The standard InChI is InChI=1S/C23H26FN3O2/c1-17-13-19-5-3-4-6-21(19)27(17)16-23(28)26-11-9-25(10-12-26)15-18-7-8-22(29-2)20(24)14-18/h3-8,13-14H,9-12,15-16H2,1-2H3/p+1. The first-order valence-corrected chi connectivity index (χ1v) is 10.0. The molecule has 0 aliphatic carbocycles. The summed E-state index contributed by atoms with van der Waals surface area (Å²) in [7, 11) is 1.47. The zero-order valence-corrected chi connectivity index (χ0v) is 17.0. The minimum absolute atomic E-state index is 0.156. The zero-order chi connectivity index (χ0) is 20.4. The van der Waals surface area contributed by atoms with Gasteiger partial charge in [0.15, 0.2) is 11.6 Å². The largest absolute Gasteiger partial charge is 0.494 e. The molecular formula is C23H27FN3O2+. The fraction of sp³-hybridized carbons (Fsp3) is 0.348. The van der Waals surface area contributed by atoms with Crippen LogP contribution in [0.15, 0.2) is 48.5 Å². The van der Waals surface area contributed by atoms with Gasteiger partial charge in [-0.05, 0) is 42.6 Å². The number of ether oxygens (including phenoxy) is 1. The van der Waals surface area contributed by atoms with E-state index >= 15 is 0 Å². The van der Waals surface area contributed by atoms with Crippen molar-refractivity contribution < 1.29 is 18.8 Å². The van der Waals surface area contributed by atoms with Gasteiger partial charge >= 0.3 is 0 Å². The van der Waals surface area contributed by atoms with E-state index in [0.29, 0.717) is 6.54 Å². The first-order valence-electron chi connectivity index (χ1n) is 10.0. The zero-order valence-electron chi connectivity index (χ0n) is 17.0. The lowest BCUT2D eigenvalue weighted by Crippen LogP contribution is -3.13. The number of fused-ring (bicyclic) bond motifs is 1. The van der Waals surface area contributed by atoms with Gasteiger partial charge < -0.3 is 19.1 Å². The summed E-state index contributed by atoms with van der Waals surface area (Å²) >= 11 is 0. The van der Waals surface area contributed by atoms with Crippen LogP contribution in [0.1, 0.15) is 11.3 Å². The lowest BCUT2D eigenvalue weighted by Gasteiger charge is -2.32. The fourth-order valence-electron chi connectivity index (χ4n) is 4.15. The number of aromatic nitrogens is 1. The topological polar surface area (TPSA) is 38.9 Å². The van der Waals surface area contributed by atoms with Crippen LogP contribution in [0.5, 0.6) is 5.75 Å². The summed E-state index contributed by atoms with van der Waals surface area (Å²) in [6.45, 7) is 6.36. The number of para-hydroxylation sites is 1. The van der Waals surface area contributed by atoms with Crippen LogP contribution in [0.4, 0.5) is 4.39 Å². The predicted molar refractivity (Wildman–Crippen MR) is 111 cm³/mol. The van der Waals surface area contributed by atoms with Crippen LogP contribution in [0.3, 0.4) is 0 Å². The number of quaternary nitrogens is 1. The molecule has 0 radical (unpaired) electrons. The summed E-state index contributed by atoms with van der Waals surface area (Å²) < 4.78 is 21.0. The molecule has 0 atom stereocenters. The van der Waals surface area contributed by atoms with Crippen LogP contribution >= 0.6 is 0 Å². The van der Waals surface area contributed by atoms with E-state index in [2.05, 4.69) is 22.8 Å². The molecule has 0 bridgehead atoms. The second-order valence-electron chi connectivity index (χ2n) is 7.71. The molecule has 3 aromatic rings. The Kier molecular flexibility index (Phi) is 5.53. The van der Waals surface area contributed by atoms with Crippen LogP contribution in [0, 0.1) is 12.7 Å². The molecule has 1 amide bonds. The van der Waals surface area contributed by atoms with Gasteiger partial charge in [-0.25, -0.2) is 4.39 Å². The van der Waals surface area contributed by atoms with Crippen molar-refractivity contribution in [2.24, 2.45) is 0 Å². The molecule has 0 saturated carbocycles. The van der Waals surface area contributed by atoms with Gasteiger partial charge in [-0.15, -0.1) is 0 Å². The highest BCUT2D eigenvalue weighted by Crippen LogP contribution is 2.19. The third-order valence-electron chi connectivity index (χ3n) is 5.80. The molecule has 1 N–H and O–H groups in total. The summed E-state index contributed by atoms with van der Waals surface area (Å²) in [6, 6.07) is 15.4. The van der Waals surface area contributed by atoms with Gasteiger partial charge in [-0.1, -0.05) is 18.2 Å². The molecule has 5 nitrogen and oxygen atoms in total. The van der Waals surface area contributed by atoms with Gasteiger partial charge in [-0.2, -0.15) is 0 Å². The number of rotatable bonds is 5. The molecule has 4 rings (SSSR count). The summed E-state index contributed by atoms with van der Waals surface area (Å²) in [6.07, 6.45) is 0. The van der Waals surface area contributed by atoms with E-state index in [4.69, 9.17) is 4.74 Å². The number of amides is 1. The Balaban J connectivity index is 1.35. The highest BCUT2D eigenvalue weighted by Gasteiger charge is 2.24. The minimum Gasteiger partial charge on any atom is -0.494 e. The number of piperazine rings is 1. The van der Waals surface area contributed by atoms with Crippen LogP contribution in [-0.4, -0.2) is 48.7 Å². The summed E-state index contributed by atoms with van der Waals surface area (Å²) in [5.41, 5.74) is 3.15. The number of carbonyl (C=O) groups excluding carboxylic acids is 1. The summed E-state index contributed by atoms with van der Waals surface area (Å²) in [5, 5.41) is 1.17. The Morgan fingerprint density at radius 3 is 2.62 bits per heavy atom. The van der Waals surface area contributed by atoms with Crippen LogP contribution in [-0.2, 0) is 17.9 Å². The first-order chi connectivity index (χ1) is 14.0. The van der Waals surface area contributed by atoms with Gasteiger partial charge in [0.05, 0.1) is 33.3 Å². The predicted octanol–water partition coefficient (Wildman–Crippen LogP) is 2.02. The Bertz CT molecular complexity index is 1020. The second kappa shape index (κ2) is 8.25. The minimum atomic E-state index is -0.326. The molecule has 2 heterocycles. The number of hydrogen-bond acceptors (Lipinski definition) is 2.